The Balaban J connectivity index is 1.42. The summed E-state index contributed by atoms with van der Waals surface area (Å²) in [6, 6.07) is 9.22. The molecule has 0 heterocycles. The van der Waals surface area contributed by atoms with Gasteiger partial charge in [-0.25, -0.2) is 0 Å². The minimum absolute atomic E-state index is 0.707. The van der Waals surface area contributed by atoms with E-state index in [9.17, 15) is 0 Å². The second-order valence-corrected chi connectivity index (χ2v) is 8.64. The quantitative estimate of drug-likeness (QED) is 0.360. The molecule has 148 valence electrons. The summed E-state index contributed by atoms with van der Waals surface area (Å²) in [6.07, 6.45) is 20.2. The molecule has 3 rings (SSSR count). The molecule has 1 nitrogen and oxygen atoms in total. The predicted molar refractivity (Wildman–Crippen MR) is 116 cm³/mol. The van der Waals surface area contributed by atoms with Crippen molar-refractivity contribution in [2.45, 2.75) is 77.7 Å². The van der Waals surface area contributed by atoms with E-state index in [1.54, 1.807) is 5.56 Å². The zero-order valence-corrected chi connectivity index (χ0v) is 17.4. The summed E-state index contributed by atoms with van der Waals surface area (Å²) >= 11 is 0. The zero-order valence-electron chi connectivity index (χ0n) is 17.4. The molecule has 0 saturated heterocycles. The van der Waals surface area contributed by atoms with Gasteiger partial charge in [0, 0.05) is 0 Å². The molecule has 0 radical (unpaired) electrons. The van der Waals surface area contributed by atoms with E-state index >= 15 is 0 Å². The SMILES string of the molecule is CC=CCOCc1ccc(C2CCC([C@H]3CC[C@H](/C=C/C)CC3)CC2)cc1. The minimum Gasteiger partial charge on any atom is -0.373 e. The van der Waals surface area contributed by atoms with Crippen molar-refractivity contribution in [3.8, 4) is 0 Å². The number of ether oxygens (including phenoxy) is 1. The molecule has 0 aromatic heterocycles. The highest BCUT2D eigenvalue weighted by Crippen LogP contribution is 2.44. The lowest BCUT2D eigenvalue weighted by Crippen LogP contribution is -2.25. The van der Waals surface area contributed by atoms with Crippen LogP contribution in [0.15, 0.2) is 48.6 Å². The Hall–Kier alpha value is -1.34. The number of rotatable bonds is 7. The lowest BCUT2D eigenvalue weighted by molar-refractivity contribution is 0.148. The maximum absolute atomic E-state index is 5.66. The summed E-state index contributed by atoms with van der Waals surface area (Å²) in [5.74, 6) is 3.64. The predicted octanol–water partition coefficient (Wildman–Crippen LogP) is 7.44. The largest absolute Gasteiger partial charge is 0.373 e. The molecule has 0 bridgehead atoms. The molecule has 0 amide bonds. The molecule has 0 unspecified atom stereocenters. The van der Waals surface area contributed by atoms with Gasteiger partial charge in [-0.2, -0.15) is 0 Å². The summed E-state index contributed by atoms with van der Waals surface area (Å²) in [4.78, 5) is 0. The maximum atomic E-state index is 5.66. The van der Waals surface area contributed by atoms with Crippen LogP contribution in [0.3, 0.4) is 0 Å². The van der Waals surface area contributed by atoms with Crippen LogP contribution in [-0.2, 0) is 11.3 Å². The topological polar surface area (TPSA) is 9.23 Å². The third kappa shape index (κ3) is 6.07. The first kappa shape index (κ1) is 20.4. The number of hydrogen-bond donors (Lipinski definition) is 0. The van der Waals surface area contributed by atoms with Gasteiger partial charge in [-0.1, -0.05) is 48.6 Å². The van der Waals surface area contributed by atoms with Crippen LogP contribution in [0.2, 0.25) is 0 Å². The van der Waals surface area contributed by atoms with Crippen LogP contribution in [0, 0.1) is 17.8 Å². The lowest BCUT2D eigenvalue weighted by Gasteiger charge is -2.37. The summed E-state index contributed by atoms with van der Waals surface area (Å²) in [7, 11) is 0. The average molecular weight is 367 g/mol. The molecule has 0 aliphatic heterocycles. The number of benzene rings is 1. The van der Waals surface area contributed by atoms with Crippen molar-refractivity contribution >= 4 is 0 Å². The van der Waals surface area contributed by atoms with Crippen molar-refractivity contribution in [1.82, 2.24) is 0 Å². The van der Waals surface area contributed by atoms with Crippen molar-refractivity contribution in [1.29, 1.82) is 0 Å². The van der Waals surface area contributed by atoms with Crippen LogP contribution in [0.5, 0.6) is 0 Å². The molecule has 1 heteroatoms. The summed E-state index contributed by atoms with van der Waals surface area (Å²) in [5, 5.41) is 0. The molecule has 2 aliphatic rings. The number of allylic oxidation sites excluding steroid dienone is 3. The second-order valence-electron chi connectivity index (χ2n) is 8.64. The van der Waals surface area contributed by atoms with Crippen LogP contribution in [0.4, 0.5) is 0 Å². The van der Waals surface area contributed by atoms with E-state index in [0.717, 1.165) is 23.7 Å². The molecular formula is C26H38O. The molecule has 0 spiro atoms. The van der Waals surface area contributed by atoms with Crippen LogP contribution in [0.1, 0.15) is 82.3 Å². The van der Waals surface area contributed by atoms with E-state index < -0.39 is 0 Å². The van der Waals surface area contributed by atoms with Gasteiger partial charge < -0.3 is 4.74 Å². The first-order valence-corrected chi connectivity index (χ1v) is 11.2. The van der Waals surface area contributed by atoms with Crippen molar-refractivity contribution in [3.63, 3.8) is 0 Å². The van der Waals surface area contributed by atoms with E-state index in [0.29, 0.717) is 13.2 Å². The Morgan fingerprint density at radius 2 is 1.44 bits per heavy atom. The van der Waals surface area contributed by atoms with Gasteiger partial charge in [0.05, 0.1) is 13.2 Å². The highest BCUT2D eigenvalue weighted by Gasteiger charge is 2.30. The van der Waals surface area contributed by atoms with Crippen LogP contribution in [-0.4, -0.2) is 6.61 Å². The Morgan fingerprint density at radius 3 is 2.04 bits per heavy atom. The smallest absolute Gasteiger partial charge is 0.0721 e. The van der Waals surface area contributed by atoms with Crippen LogP contribution < -0.4 is 0 Å². The van der Waals surface area contributed by atoms with Crippen molar-refractivity contribution < 1.29 is 4.74 Å². The molecule has 2 saturated carbocycles. The normalized spacial score (nSPS) is 29.6. The standard InChI is InChI=1S/C26H38O/c1-3-5-19-27-20-22-9-13-24(14-10-22)26-17-15-25(16-18-26)23-11-7-21(6-4-2)8-12-23/h3-6,9-10,13-14,21,23,25-26H,7-8,11-12,15-20H2,1-2H3/b5-3?,6-4+/t21-,23-,25?,26?. The third-order valence-electron chi connectivity index (χ3n) is 6.89. The Kier molecular flexibility index (Phi) is 8.20. The van der Waals surface area contributed by atoms with E-state index in [4.69, 9.17) is 4.74 Å². The maximum Gasteiger partial charge on any atom is 0.0721 e. The van der Waals surface area contributed by atoms with E-state index in [-0.39, 0.29) is 0 Å². The monoisotopic (exact) mass is 366 g/mol. The van der Waals surface area contributed by atoms with E-state index in [1.807, 2.05) is 13.0 Å². The molecule has 2 fully saturated rings. The molecule has 27 heavy (non-hydrogen) atoms. The molecular weight excluding hydrogens is 328 g/mol. The van der Waals surface area contributed by atoms with Gasteiger partial charge in [0.25, 0.3) is 0 Å². The molecule has 0 N–H and O–H groups in total. The number of hydrogen-bond acceptors (Lipinski definition) is 1. The highest BCUT2D eigenvalue weighted by atomic mass is 16.5. The van der Waals surface area contributed by atoms with Gasteiger partial charge in [-0.15, -0.1) is 0 Å². The minimum atomic E-state index is 0.707. The van der Waals surface area contributed by atoms with Crippen molar-refractivity contribution in [2.24, 2.45) is 17.8 Å². The molecule has 1 aromatic carbocycles. The van der Waals surface area contributed by atoms with Gasteiger partial charge in [-0.05, 0) is 100 Å². The zero-order chi connectivity index (χ0) is 18.9. The van der Waals surface area contributed by atoms with E-state index in [1.165, 1.54) is 56.9 Å². The highest BCUT2D eigenvalue weighted by molar-refractivity contribution is 5.25. The molecule has 1 aromatic rings. The van der Waals surface area contributed by atoms with E-state index in [2.05, 4.69) is 49.4 Å². The van der Waals surface area contributed by atoms with Gasteiger partial charge in [-0.3, -0.25) is 0 Å². The van der Waals surface area contributed by atoms with Crippen LogP contribution in [0.25, 0.3) is 0 Å². The van der Waals surface area contributed by atoms with Crippen molar-refractivity contribution in [2.75, 3.05) is 6.61 Å². The Labute approximate surface area is 166 Å². The molecule has 0 atom stereocenters. The summed E-state index contributed by atoms with van der Waals surface area (Å²) < 4.78 is 5.66. The first-order chi connectivity index (χ1) is 13.3. The van der Waals surface area contributed by atoms with Gasteiger partial charge in [0.15, 0.2) is 0 Å². The lowest BCUT2D eigenvalue weighted by atomic mass is 9.68. The van der Waals surface area contributed by atoms with Gasteiger partial charge in [0.2, 0.25) is 0 Å². The first-order valence-electron chi connectivity index (χ1n) is 11.2. The average Bonchev–Trinajstić information content (AvgIpc) is 2.73. The fourth-order valence-electron chi connectivity index (χ4n) is 5.23. The van der Waals surface area contributed by atoms with Crippen molar-refractivity contribution in [3.05, 3.63) is 59.7 Å². The Morgan fingerprint density at radius 1 is 0.815 bits per heavy atom. The molecule has 2 aliphatic carbocycles. The van der Waals surface area contributed by atoms with Gasteiger partial charge >= 0.3 is 0 Å². The van der Waals surface area contributed by atoms with Crippen LogP contribution >= 0.6 is 0 Å². The summed E-state index contributed by atoms with van der Waals surface area (Å²) in [6.45, 7) is 5.62. The Bertz CT molecular complexity index is 581. The van der Waals surface area contributed by atoms with Gasteiger partial charge in [0.1, 0.15) is 0 Å². The fraction of sp³-hybridized carbons (Fsp3) is 0.615. The summed E-state index contributed by atoms with van der Waals surface area (Å²) in [5.41, 5.74) is 2.83. The fourth-order valence-corrected chi connectivity index (χ4v) is 5.23. The third-order valence-corrected chi connectivity index (χ3v) is 6.89. The second kappa shape index (κ2) is 10.9.